The van der Waals surface area contributed by atoms with E-state index in [1.165, 1.54) is 4.90 Å². The SMILES string of the molecule is COCCNC(=O)CN(C)C(=O)C(C)C1CNC1. The topological polar surface area (TPSA) is 70.7 Å². The molecule has 0 saturated carbocycles. The molecule has 6 nitrogen and oxygen atoms in total. The van der Waals surface area contributed by atoms with E-state index in [1.807, 2.05) is 6.92 Å². The highest BCUT2D eigenvalue weighted by atomic mass is 16.5. The van der Waals surface area contributed by atoms with Crippen molar-refractivity contribution < 1.29 is 14.3 Å². The summed E-state index contributed by atoms with van der Waals surface area (Å²) in [6.07, 6.45) is 0. The van der Waals surface area contributed by atoms with Gasteiger partial charge in [0, 0.05) is 26.6 Å². The third-order valence-electron chi connectivity index (χ3n) is 3.30. The Morgan fingerprint density at radius 1 is 1.50 bits per heavy atom. The van der Waals surface area contributed by atoms with E-state index in [9.17, 15) is 9.59 Å². The zero-order valence-electron chi connectivity index (χ0n) is 11.4. The molecule has 6 heteroatoms. The summed E-state index contributed by atoms with van der Waals surface area (Å²) in [7, 11) is 3.25. The van der Waals surface area contributed by atoms with Crippen LogP contribution in [0.15, 0.2) is 0 Å². The molecule has 0 radical (unpaired) electrons. The zero-order valence-corrected chi connectivity index (χ0v) is 11.4. The monoisotopic (exact) mass is 257 g/mol. The fourth-order valence-electron chi connectivity index (χ4n) is 1.86. The van der Waals surface area contributed by atoms with Gasteiger partial charge >= 0.3 is 0 Å². The summed E-state index contributed by atoms with van der Waals surface area (Å²) in [5.74, 6) is 0.254. The predicted molar refractivity (Wildman–Crippen MR) is 68.0 cm³/mol. The Hall–Kier alpha value is -1.14. The van der Waals surface area contributed by atoms with E-state index >= 15 is 0 Å². The standard InChI is InChI=1S/C12H23N3O3/c1-9(10-6-13-7-10)12(17)15(2)8-11(16)14-4-5-18-3/h9-10,13H,4-8H2,1-3H3,(H,14,16). The van der Waals surface area contributed by atoms with Gasteiger partial charge in [0.05, 0.1) is 13.2 Å². The van der Waals surface area contributed by atoms with E-state index in [2.05, 4.69) is 10.6 Å². The highest BCUT2D eigenvalue weighted by Crippen LogP contribution is 2.17. The third kappa shape index (κ3) is 4.27. The minimum atomic E-state index is -0.151. The molecule has 2 amide bonds. The van der Waals surface area contributed by atoms with Gasteiger partial charge in [0.2, 0.25) is 11.8 Å². The lowest BCUT2D eigenvalue weighted by Crippen LogP contribution is -2.51. The number of nitrogens with zero attached hydrogens (tertiary/aromatic N) is 1. The first-order chi connectivity index (χ1) is 8.56. The van der Waals surface area contributed by atoms with E-state index in [4.69, 9.17) is 4.74 Å². The van der Waals surface area contributed by atoms with Gasteiger partial charge in [-0.2, -0.15) is 0 Å². The number of amides is 2. The van der Waals surface area contributed by atoms with Gasteiger partial charge in [0.25, 0.3) is 0 Å². The Morgan fingerprint density at radius 3 is 2.67 bits per heavy atom. The molecule has 0 aromatic carbocycles. The summed E-state index contributed by atoms with van der Waals surface area (Å²) in [5, 5.41) is 5.84. The summed E-state index contributed by atoms with van der Waals surface area (Å²) in [4.78, 5) is 25.1. The lowest BCUT2D eigenvalue weighted by molar-refractivity contribution is -0.139. The van der Waals surface area contributed by atoms with Crippen molar-refractivity contribution in [3.05, 3.63) is 0 Å². The zero-order chi connectivity index (χ0) is 13.5. The first-order valence-corrected chi connectivity index (χ1v) is 6.27. The van der Waals surface area contributed by atoms with E-state index in [0.29, 0.717) is 19.1 Å². The van der Waals surface area contributed by atoms with Crippen LogP contribution in [-0.2, 0) is 14.3 Å². The van der Waals surface area contributed by atoms with Crippen LogP contribution in [0.2, 0.25) is 0 Å². The van der Waals surface area contributed by atoms with Crippen molar-refractivity contribution in [1.82, 2.24) is 15.5 Å². The van der Waals surface area contributed by atoms with Gasteiger partial charge in [-0.15, -0.1) is 0 Å². The second-order valence-electron chi connectivity index (χ2n) is 4.74. The van der Waals surface area contributed by atoms with Crippen LogP contribution in [0.3, 0.4) is 0 Å². The summed E-state index contributed by atoms with van der Waals surface area (Å²) >= 11 is 0. The van der Waals surface area contributed by atoms with Crippen molar-refractivity contribution in [3.63, 3.8) is 0 Å². The maximum Gasteiger partial charge on any atom is 0.239 e. The van der Waals surface area contributed by atoms with E-state index in [-0.39, 0.29) is 24.3 Å². The van der Waals surface area contributed by atoms with Crippen LogP contribution in [0, 0.1) is 11.8 Å². The van der Waals surface area contributed by atoms with Crippen LogP contribution in [0.5, 0.6) is 0 Å². The highest BCUT2D eigenvalue weighted by molar-refractivity contribution is 5.85. The summed E-state index contributed by atoms with van der Waals surface area (Å²) in [6, 6.07) is 0. The Bertz CT molecular complexity index is 292. The maximum absolute atomic E-state index is 12.0. The number of carbonyl (C=O) groups is 2. The van der Waals surface area contributed by atoms with Crippen LogP contribution in [-0.4, -0.2) is 63.7 Å². The molecule has 1 heterocycles. The second-order valence-corrected chi connectivity index (χ2v) is 4.74. The Labute approximate surface area is 108 Å². The first kappa shape index (κ1) is 14.9. The number of rotatable bonds is 7. The van der Waals surface area contributed by atoms with E-state index < -0.39 is 0 Å². The summed E-state index contributed by atoms with van der Waals surface area (Å²) < 4.78 is 4.83. The Kier molecular flexibility index (Phi) is 6.07. The fraction of sp³-hybridized carbons (Fsp3) is 0.833. The van der Waals surface area contributed by atoms with Crippen LogP contribution in [0.1, 0.15) is 6.92 Å². The van der Waals surface area contributed by atoms with E-state index in [1.54, 1.807) is 14.2 Å². The summed E-state index contributed by atoms with van der Waals surface area (Å²) in [5.41, 5.74) is 0. The number of likely N-dealkylation sites (N-methyl/N-ethyl adjacent to an activating group) is 1. The largest absolute Gasteiger partial charge is 0.383 e. The van der Waals surface area contributed by atoms with Crippen LogP contribution >= 0.6 is 0 Å². The molecule has 1 aliphatic rings. The molecule has 0 aliphatic carbocycles. The molecule has 1 aliphatic heterocycles. The first-order valence-electron chi connectivity index (χ1n) is 6.27. The molecule has 18 heavy (non-hydrogen) atoms. The van der Waals surface area contributed by atoms with Crippen molar-refractivity contribution in [2.24, 2.45) is 11.8 Å². The minimum absolute atomic E-state index is 0.0250. The average molecular weight is 257 g/mol. The number of hydrogen-bond donors (Lipinski definition) is 2. The smallest absolute Gasteiger partial charge is 0.239 e. The molecule has 0 aromatic heterocycles. The fourth-order valence-corrected chi connectivity index (χ4v) is 1.86. The normalized spacial score (nSPS) is 16.8. The van der Waals surface area contributed by atoms with Gasteiger partial charge in [-0.05, 0) is 19.0 Å². The van der Waals surface area contributed by atoms with Gasteiger partial charge in [-0.1, -0.05) is 6.92 Å². The third-order valence-corrected chi connectivity index (χ3v) is 3.30. The van der Waals surface area contributed by atoms with Crippen LogP contribution < -0.4 is 10.6 Å². The van der Waals surface area contributed by atoms with Gasteiger partial charge < -0.3 is 20.3 Å². The molecule has 1 saturated heterocycles. The van der Waals surface area contributed by atoms with Crippen molar-refractivity contribution in [3.8, 4) is 0 Å². The Morgan fingerprint density at radius 2 is 2.17 bits per heavy atom. The molecule has 104 valence electrons. The number of hydrogen-bond acceptors (Lipinski definition) is 4. The lowest BCUT2D eigenvalue weighted by atomic mass is 9.88. The highest BCUT2D eigenvalue weighted by Gasteiger charge is 2.30. The number of ether oxygens (including phenoxy) is 1. The van der Waals surface area contributed by atoms with Gasteiger partial charge in [0.1, 0.15) is 0 Å². The molecule has 0 aromatic rings. The van der Waals surface area contributed by atoms with Gasteiger partial charge in [-0.3, -0.25) is 9.59 Å². The lowest BCUT2D eigenvalue weighted by Gasteiger charge is -2.33. The van der Waals surface area contributed by atoms with Crippen molar-refractivity contribution in [1.29, 1.82) is 0 Å². The predicted octanol–water partition coefficient (Wildman–Crippen LogP) is -0.937. The summed E-state index contributed by atoms with van der Waals surface area (Å²) in [6.45, 7) is 4.76. The molecule has 2 N–H and O–H groups in total. The van der Waals surface area contributed by atoms with Crippen molar-refractivity contribution in [2.75, 3.05) is 46.9 Å². The number of carbonyl (C=O) groups excluding carboxylic acids is 2. The van der Waals surface area contributed by atoms with E-state index in [0.717, 1.165) is 13.1 Å². The van der Waals surface area contributed by atoms with Crippen molar-refractivity contribution in [2.45, 2.75) is 6.92 Å². The molecule has 1 rings (SSSR count). The molecule has 1 atom stereocenters. The average Bonchev–Trinajstić information content (AvgIpc) is 2.25. The quantitative estimate of drug-likeness (QED) is 0.578. The van der Waals surface area contributed by atoms with Crippen LogP contribution in [0.4, 0.5) is 0 Å². The van der Waals surface area contributed by atoms with Gasteiger partial charge in [-0.25, -0.2) is 0 Å². The Balaban J connectivity index is 2.27. The van der Waals surface area contributed by atoms with Gasteiger partial charge in [0.15, 0.2) is 0 Å². The van der Waals surface area contributed by atoms with Crippen LogP contribution in [0.25, 0.3) is 0 Å². The molecule has 0 bridgehead atoms. The second kappa shape index (κ2) is 7.33. The molecular weight excluding hydrogens is 234 g/mol. The number of methoxy groups -OCH3 is 1. The number of nitrogens with one attached hydrogen (secondary N) is 2. The van der Waals surface area contributed by atoms with Crippen molar-refractivity contribution >= 4 is 11.8 Å². The molecular formula is C12H23N3O3. The minimum Gasteiger partial charge on any atom is -0.383 e. The molecule has 0 spiro atoms. The molecule has 1 unspecified atom stereocenters. The maximum atomic E-state index is 12.0. The molecule has 1 fully saturated rings.